The number of nitrogens with two attached hydrogens (primary N) is 1. The summed E-state index contributed by atoms with van der Waals surface area (Å²) >= 11 is 5.86. The quantitative estimate of drug-likeness (QED) is 0.832. The maximum Gasteiger partial charge on any atom is 0.251 e. The van der Waals surface area contributed by atoms with E-state index in [1.165, 1.54) is 0 Å². The Balaban J connectivity index is 1.94. The Hall–Kier alpha value is -1.30. The van der Waals surface area contributed by atoms with E-state index in [2.05, 4.69) is 24.1 Å². The Bertz CT molecular complexity index is 514. The van der Waals surface area contributed by atoms with Crippen LogP contribution in [0, 0.1) is 0 Å². The third kappa shape index (κ3) is 4.09. The first-order chi connectivity index (χ1) is 9.90. The molecule has 0 atom stereocenters. The third-order valence-corrected chi connectivity index (χ3v) is 4.15. The molecule has 1 aromatic rings. The second-order valence-corrected chi connectivity index (χ2v) is 6.24. The minimum Gasteiger partial charge on any atom is -0.398 e. The molecule has 1 saturated heterocycles. The molecule has 0 bridgehead atoms. The zero-order chi connectivity index (χ0) is 15.5. The van der Waals surface area contributed by atoms with Gasteiger partial charge in [0.05, 0.1) is 23.9 Å². The molecule has 116 valence electrons. The van der Waals surface area contributed by atoms with Crippen molar-refractivity contribution in [2.45, 2.75) is 19.4 Å². The van der Waals surface area contributed by atoms with Crippen molar-refractivity contribution < 1.29 is 9.53 Å². The summed E-state index contributed by atoms with van der Waals surface area (Å²) in [5.74, 6) is -0.139. The summed E-state index contributed by atoms with van der Waals surface area (Å²) in [5, 5.41) is 3.42. The van der Waals surface area contributed by atoms with E-state index in [4.69, 9.17) is 22.1 Å². The third-order valence-electron chi connectivity index (χ3n) is 3.81. The van der Waals surface area contributed by atoms with Crippen LogP contribution in [-0.4, -0.2) is 49.2 Å². The van der Waals surface area contributed by atoms with Crippen molar-refractivity contribution in [3.63, 3.8) is 0 Å². The first-order valence-electron chi connectivity index (χ1n) is 7.06. The Morgan fingerprint density at radius 3 is 2.71 bits per heavy atom. The van der Waals surface area contributed by atoms with Gasteiger partial charge < -0.3 is 15.8 Å². The number of nitrogens with one attached hydrogen (secondary N) is 1. The van der Waals surface area contributed by atoms with Crippen LogP contribution in [0.15, 0.2) is 18.2 Å². The van der Waals surface area contributed by atoms with E-state index in [9.17, 15) is 4.79 Å². The Kier molecular flexibility index (Phi) is 5.08. The zero-order valence-corrected chi connectivity index (χ0v) is 13.2. The standard InChI is InChI=1S/C15H22ClN3O2/c1-15(2,19-5-7-21-8-6-19)10-18-14(20)11-3-4-12(16)13(17)9-11/h3-4,9H,5-8,10,17H2,1-2H3,(H,18,20). The van der Waals surface area contributed by atoms with Gasteiger partial charge in [-0.15, -0.1) is 0 Å². The van der Waals surface area contributed by atoms with Crippen LogP contribution in [0.4, 0.5) is 5.69 Å². The molecule has 1 aliphatic rings. The predicted octanol–water partition coefficient (Wildman–Crippen LogP) is 1.76. The highest BCUT2D eigenvalue weighted by atomic mass is 35.5. The molecular formula is C15H22ClN3O2. The summed E-state index contributed by atoms with van der Waals surface area (Å²) in [4.78, 5) is 14.5. The molecule has 0 aromatic heterocycles. The van der Waals surface area contributed by atoms with Crippen LogP contribution in [0.3, 0.4) is 0 Å². The SMILES string of the molecule is CC(C)(CNC(=O)c1ccc(Cl)c(N)c1)N1CCOCC1. The Morgan fingerprint density at radius 2 is 2.10 bits per heavy atom. The number of anilines is 1. The summed E-state index contributed by atoms with van der Waals surface area (Å²) in [7, 11) is 0. The van der Waals surface area contributed by atoms with Gasteiger partial charge in [-0.25, -0.2) is 0 Å². The smallest absolute Gasteiger partial charge is 0.251 e. The molecule has 1 aliphatic heterocycles. The molecule has 6 heteroatoms. The molecule has 5 nitrogen and oxygen atoms in total. The van der Waals surface area contributed by atoms with Crippen molar-refractivity contribution in [2.75, 3.05) is 38.6 Å². The fourth-order valence-corrected chi connectivity index (χ4v) is 2.48. The van der Waals surface area contributed by atoms with Crippen molar-refractivity contribution >= 4 is 23.2 Å². The molecule has 1 fully saturated rings. The van der Waals surface area contributed by atoms with Crippen LogP contribution in [0.1, 0.15) is 24.2 Å². The van der Waals surface area contributed by atoms with Gasteiger partial charge in [0.25, 0.3) is 5.91 Å². The van der Waals surface area contributed by atoms with E-state index in [0.717, 1.165) is 26.3 Å². The lowest BCUT2D eigenvalue weighted by molar-refractivity contribution is -0.00923. The average molecular weight is 312 g/mol. The number of ether oxygens (including phenoxy) is 1. The number of halogens is 1. The number of hydrogen-bond acceptors (Lipinski definition) is 4. The fraction of sp³-hybridized carbons (Fsp3) is 0.533. The van der Waals surface area contributed by atoms with Crippen LogP contribution in [0.5, 0.6) is 0 Å². The van der Waals surface area contributed by atoms with Gasteiger partial charge >= 0.3 is 0 Å². The first-order valence-corrected chi connectivity index (χ1v) is 7.44. The van der Waals surface area contributed by atoms with Gasteiger partial charge in [0, 0.05) is 30.7 Å². The molecule has 3 N–H and O–H groups in total. The molecule has 1 aromatic carbocycles. The predicted molar refractivity (Wildman–Crippen MR) is 84.7 cm³/mol. The zero-order valence-electron chi connectivity index (χ0n) is 12.5. The molecular weight excluding hydrogens is 290 g/mol. The molecule has 21 heavy (non-hydrogen) atoms. The van der Waals surface area contributed by atoms with Gasteiger partial charge in [0.2, 0.25) is 0 Å². The van der Waals surface area contributed by atoms with Crippen molar-refractivity contribution in [1.29, 1.82) is 0 Å². The monoisotopic (exact) mass is 311 g/mol. The lowest BCUT2D eigenvalue weighted by Gasteiger charge is -2.40. The largest absolute Gasteiger partial charge is 0.398 e. The molecule has 0 unspecified atom stereocenters. The summed E-state index contributed by atoms with van der Waals surface area (Å²) in [6, 6.07) is 4.91. The molecule has 1 heterocycles. The van der Waals surface area contributed by atoms with E-state index in [-0.39, 0.29) is 11.4 Å². The van der Waals surface area contributed by atoms with E-state index in [1.54, 1.807) is 18.2 Å². The number of nitrogen functional groups attached to an aromatic ring is 1. The Morgan fingerprint density at radius 1 is 1.43 bits per heavy atom. The van der Waals surface area contributed by atoms with Crippen LogP contribution in [0.25, 0.3) is 0 Å². The number of hydrogen-bond donors (Lipinski definition) is 2. The van der Waals surface area contributed by atoms with Crippen LogP contribution < -0.4 is 11.1 Å². The number of carbonyl (C=O) groups is 1. The molecule has 1 amide bonds. The number of carbonyl (C=O) groups excluding carboxylic acids is 1. The van der Waals surface area contributed by atoms with Gasteiger partial charge in [-0.05, 0) is 32.0 Å². The van der Waals surface area contributed by atoms with E-state index < -0.39 is 0 Å². The average Bonchev–Trinajstić information content (AvgIpc) is 2.48. The van der Waals surface area contributed by atoms with Crippen molar-refractivity contribution in [3.05, 3.63) is 28.8 Å². The highest BCUT2D eigenvalue weighted by Gasteiger charge is 2.28. The number of nitrogens with zero attached hydrogens (tertiary/aromatic N) is 1. The summed E-state index contributed by atoms with van der Waals surface area (Å²) < 4.78 is 5.36. The summed E-state index contributed by atoms with van der Waals surface area (Å²) in [5.41, 5.74) is 6.55. The molecule has 0 spiro atoms. The molecule has 0 saturated carbocycles. The van der Waals surface area contributed by atoms with Gasteiger partial charge in [0.1, 0.15) is 0 Å². The number of morpholine rings is 1. The first kappa shape index (κ1) is 16.1. The fourth-order valence-electron chi connectivity index (χ4n) is 2.36. The van der Waals surface area contributed by atoms with Gasteiger partial charge in [-0.1, -0.05) is 11.6 Å². The number of amides is 1. The lowest BCUT2D eigenvalue weighted by atomic mass is 10.0. The van der Waals surface area contributed by atoms with Crippen LogP contribution >= 0.6 is 11.6 Å². The maximum atomic E-state index is 12.2. The maximum absolute atomic E-state index is 12.2. The summed E-state index contributed by atoms with van der Waals surface area (Å²) in [6.07, 6.45) is 0. The minimum absolute atomic E-state index is 0.114. The van der Waals surface area contributed by atoms with E-state index in [1.807, 2.05) is 0 Å². The summed E-state index contributed by atoms with van der Waals surface area (Å²) in [6.45, 7) is 8.06. The Labute approximate surface area is 130 Å². The molecule has 0 aliphatic carbocycles. The van der Waals surface area contributed by atoms with Crippen LogP contribution in [-0.2, 0) is 4.74 Å². The lowest BCUT2D eigenvalue weighted by Crippen LogP contribution is -2.55. The van der Waals surface area contributed by atoms with Gasteiger partial charge in [-0.3, -0.25) is 9.69 Å². The number of rotatable bonds is 4. The highest BCUT2D eigenvalue weighted by Crippen LogP contribution is 2.20. The molecule has 0 radical (unpaired) electrons. The van der Waals surface area contributed by atoms with Crippen molar-refractivity contribution in [2.24, 2.45) is 0 Å². The van der Waals surface area contributed by atoms with E-state index >= 15 is 0 Å². The minimum atomic E-state index is -0.139. The highest BCUT2D eigenvalue weighted by molar-refractivity contribution is 6.33. The van der Waals surface area contributed by atoms with Gasteiger partial charge in [0.15, 0.2) is 0 Å². The molecule has 2 rings (SSSR count). The van der Waals surface area contributed by atoms with Crippen LogP contribution in [0.2, 0.25) is 5.02 Å². The second kappa shape index (κ2) is 6.64. The second-order valence-electron chi connectivity index (χ2n) is 5.83. The normalized spacial score (nSPS) is 16.7. The van der Waals surface area contributed by atoms with Crippen molar-refractivity contribution in [3.8, 4) is 0 Å². The van der Waals surface area contributed by atoms with Gasteiger partial charge in [-0.2, -0.15) is 0 Å². The van der Waals surface area contributed by atoms with Crippen molar-refractivity contribution in [1.82, 2.24) is 10.2 Å². The topological polar surface area (TPSA) is 67.6 Å². The number of benzene rings is 1. The van der Waals surface area contributed by atoms with E-state index in [0.29, 0.717) is 22.8 Å².